The Morgan fingerprint density at radius 1 is 1.15 bits per heavy atom. The van der Waals surface area contributed by atoms with Gasteiger partial charge in [0.1, 0.15) is 0 Å². The van der Waals surface area contributed by atoms with E-state index in [0.29, 0.717) is 6.54 Å². The number of hydrogen-bond acceptors (Lipinski definition) is 3. The predicted octanol–water partition coefficient (Wildman–Crippen LogP) is 4.78. The minimum absolute atomic E-state index is 0.551. The molecule has 1 aromatic carbocycles. The molecule has 20 heavy (non-hydrogen) atoms. The van der Waals surface area contributed by atoms with Gasteiger partial charge in [-0.15, -0.1) is 11.8 Å². The first-order valence-electron chi connectivity index (χ1n) is 7.04. The Balaban J connectivity index is 2.08. The van der Waals surface area contributed by atoms with Gasteiger partial charge in [0.2, 0.25) is 0 Å². The zero-order valence-electron chi connectivity index (χ0n) is 12.0. The lowest BCUT2D eigenvalue weighted by Crippen LogP contribution is -2.12. The lowest BCUT2D eigenvalue weighted by molar-refractivity contribution is 0.485. The third-order valence-electron chi connectivity index (χ3n) is 2.69. The van der Waals surface area contributed by atoms with Gasteiger partial charge in [-0.1, -0.05) is 55.8 Å². The van der Waals surface area contributed by atoms with Crippen molar-refractivity contribution >= 4 is 29.9 Å². The maximum atomic E-state index is 11.9. The molecule has 0 aliphatic rings. The molecular weight excluding hydrogens is 309 g/mol. The van der Waals surface area contributed by atoms with Crippen molar-refractivity contribution in [3.8, 4) is 0 Å². The summed E-state index contributed by atoms with van der Waals surface area (Å²) in [6, 6.07) is 10.1. The van der Waals surface area contributed by atoms with E-state index in [1.807, 2.05) is 30.3 Å². The van der Waals surface area contributed by atoms with E-state index in [9.17, 15) is 9.46 Å². The highest BCUT2D eigenvalue weighted by Crippen LogP contribution is 2.50. The van der Waals surface area contributed by atoms with Crippen LogP contribution in [0.15, 0.2) is 35.2 Å². The van der Waals surface area contributed by atoms with Crippen LogP contribution in [0.2, 0.25) is 0 Å². The highest BCUT2D eigenvalue weighted by Gasteiger charge is 2.17. The van der Waals surface area contributed by atoms with E-state index < -0.39 is 6.72 Å². The molecule has 0 aliphatic carbocycles. The molecule has 2 N–H and O–H groups in total. The van der Waals surface area contributed by atoms with Gasteiger partial charge in [-0.2, -0.15) is 0 Å². The molecule has 0 heterocycles. The lowest BCUT2D eigenvalue weighted by Gasteiger charge is -2.12. The third kappa shape index (κ3) is 9.09. The van der Waals surface area contributed by atoms with Crippen LogP contribution in [0.3, 0.4) is 0 Å². The van der Waals surface area contributed by atoms with Crippen LogP contribution in [0.5, 0.6) is 0 Å². The summed E-state index contributed by atoms with van der Waals surface area (Å²) < 4.78 is 11.9. The first-order valence-corrected chi connectivity index (χ1v) is 11.3. The average Bonchev–Trinajstić information content (AvgIpc) is 2.44. The first kappa shape index (κ1) is 18.1. The number of unbranched alkanes of at least 4 members (excludes halogenated alkanes) is 3. The lowest BCUT2D eigenvalue weighted by atomic mass is 10.2. The van der Waals surface area contributed by atoms with Crippen LogP contribution < -0.4 is 5.09 Å². The van der Waals surface area contributed by atoms with E-state index in [4.69, 9.17) is 0 Å². The Labute approximate surface area is 130 Å². The number of nitrogens with one attached hydrogen (secondary N) is 1. The van der Waals surface area contributed by atoms with E-state index >= 15 is 0 Å². The molecule has 114 valence electrons. The molecule has 0 saturated carbocycles. The summed E-state index contributed by atoms with van der Waals surface area (Å²) in [5, 5.41) is 2.77. The average molecular weight is 333 g/mol. The number of hydrogen-bond donors (Lipinski definition) is 2. The molecule has 3 nitrogen and oxygen atoms in total. The third-order valence-corrected chi connectivity index (χ3v) is 7.13. The topological polar surface area (TPSA) is 49.3 Å². The van der Waals surface area contributed by atoms with Gasteiger partial charge in [0.25, 0.3) is 0 Å². The zero-order chi connectivity index (χ0) is 14.7. The molecule has 0 aromatic heterocycles. The van der Waals surface area contributed by atoms with E-state index in [-0.39, 0.29) is 0 Å². The smallest absolute Gasteiger partial charge is 0.323 e. The van der Waals surface area contributed by atoms with Gasteiger partial charge in [0.05, 0.1) is 0 Å². The zero-order valence-corrected chi connectivity index (χ0v) is 14.5. The minimum atomic E-state index is -3.21. The van der Waals surface area contributed by atoms with Gasteiger partial charge < -0.3 is 4.89 Å². The van der Waals surface area contributed by atoms with E-state index in [2.05, 4.69) is 12.0 Å². The number of rotatable bonds is 11. The van der Waals surface area contributed by atoms with Crippen LogP contribution in [-0.2, 0) is 4.57 Å². The van der Waals surface area contributed by atoms with Crippen molar-refractivity contribution < 1.29 is 9.46 Å². The second-order valence-corrected chi connectivity index (χ2v) is 9.94. The summed E-state index contributed by atoms with van der Waals surface area (Å²) in [7, 11) is 0. The molecule has 1 aromatic rings. The van der Waals surface area contributed by atoms with Gasteiger partial charge in [-0.3, -0.25) is 4.57 Å². The standard InChI is InChI=1S/C14H24NO2PS2/c1-2-3-4-8-12-20-18(16,17)15-11-13-19-14-9-6-5-7-10-14/h5-7,9-10H,2-4,8,11-13H2,1H3,(H2,15,16,17). The molecule has 0 radical (unpaired) electrons. The molecule has 0 amide bonds. The molecule has 0 bridgehead atoms. The second-order valence-electron chi connectivity index (χ2n) is 4.48. The fraction of sp³-hybridized carbons (Fsp3) is 0.571. The van der Waals surface area contributed by atoms with Gasteiger partial charge in [0.15, 0.2) is 0 Å². The largest absolute Gasteiger partial charge is 0.326 e. The van der Waals surface area contributed by atoms with Crippen LogP contribution in [0.1, 0.15) is 32.6 Å². The van der Waals surface area contributed by atoms with Gasteiger partial charge in [0, 0.05) is 22.9 Å². The fourth-order valence-electron chi connectivity index (χ4n) is 1.64. The summed E-state index contributed by atoms with van der Waals surface area (Å²) in [4.78, 5) is 11.0. The molecule has 1 rings (SSSR count). The minimum Gasteiger partial charge on any atom is -0.326 e. The summed E-state index contributed by atoms with van der Waals surface area (Å²) in [5.41, 5.74) is 0. The van der Waals surface area contributed by atoms with Crippen molar-refractivity contribution in [3.63, 3.8) is 0 Å². The van der Waals surface area contributed by atoms with Crippen molar-refractivity contribution in [1.29, 1.82) is 0 Å². The summed E-state index contributed by atoms with van der Waals surface area (Å²) in [6.45, 7) is -0.495. The Bertz CT molecular complexity index is 403. The Hall–Kier alpha value is 0.0700. The maximum absolute atomic E-state index is 11.9. The van der Waals surface area contributed by atoms with Gasteiger partial charge in [-0.25, -0.2) is 5.09 Å². The number of benzene rings is 1. The quantitative estimate of drug-likeness (QED) is 0.347. The molecule has 1 unspecified atom stereocenters. The van der Waals surface area contributed by atoms with Crippen molar-refractivity contribution in [2.45, 2.75) is 37.5 Å². The Morgan fingerprint density at radius 2 is 1.90 bits per heavy atom. The Morgan fingerprint density at radius 3 is 2.60 bits per heavy atom. The van der Waals surface area contributed by atoms with E-state index in [1.165, 1.54) is 29.1 Å². The van der Waals surface area contributed by atoms with Gasteiger partial charge in [-0.05, 0) is 18.6 Å². The molecule has 6 heteroatoms. The van der Waals surface area contributed by atoms with E-state index in [1.54, 1.807) is 11.8 Å². The summed E-state index contributed by atoms with van der Waals surface area (Å²) in [6.07, 6.45) is 4.56. The van der Waals surface area contributed by atoms with Crippen LogP contribution in [0.25, 0.3) is 0 Å². The highest BCUT2D eigenvalue weighted by atomic mass is 32.7. The fourth-order valence-corrected chi connectivity index (χ4v) is 5.32. The van der Waals surface area contributed by atoms with Crippen molar-refractivity contribution in [2.75, 3.05) is 18.1 Å². The molecule has 0 spiro atoms. The molecular formula is C14H24NO2PS2. The van der Waals surface area contributed by atoms with E-state index in [0.717, 1.165) is 24.3 Å². The summed E-state index contributed by atoms with van der Waals surface area (Å²) in [5.74, 6) is 1.55. The van der Waals surface area contributed by atoms with Gasteiger partial charge >= 0.3 is 6.72 Å². The first-order chi connectivity index (χ1) is 9.64. The second kappa shape index (κ2) is 10.7. The maximum Gasteiger partial charge on any atom is 0.323 e. The van der Waals surface area contributed by atoms with Crippen molar-refractivity contribution in [2.24, 2.45) is 0 Å². The SMILES string of the molecule is CCCCCCSP(=O)(O)NCCSc1ccccc1. The van der Waals surface area contributed by atoms with Crippen LogP contribution >= 0.6 is 29.9 Å². The van der Waals surface area contributed by atoms with Crippen LogP contribution in [-0.4, -0.2) is 22.9 Å². The summed E-state index contributed by atoms with van der Waals surface area (Å²) >= 11 is 2.86. The molecule has 1 atom stereocenters. The normalized spacial score (nSPS) is 14.1. The molecule has 0 saturated heterocycles. The van der Waals surface area contributed by atoms with Crippen molar-refractivity contribution in [1.82, 2.24) is 5.09 Å². The monoisotopic (exact) mass is 333 g/mol. The molecule has 0 fully saturated rings. The number of thioether (sulfide) groups is 1. The predicted molar refractivity (Wildman–Crippen MR) is 91.6 cm³/mol. The van der Waals surface area contributed by atoms with Crippen molar-refractivity contribution in [3.05, 3.63) is 30.3 Å². The van der Waals surface area contributed by atoms with Crippen LogP contribution in [0, 0.1) is 0 Å². The Kier molecular flexibility index (Phi) is 9.74. The van der Waals surface area contributed by atoms with Crippen LogP contribution in [0.4, 0.5) is 0 Å². The molecule has 0 aliphatic heterocycles. The highest BCUT2D eigenvalue weighted by molar-refractivity contribution is 8.55.